The summed E-state index contributed by atoms with van der Waals surface area (Å²) in [4.78, 5) is 21.2. The van der Waals surface area contributed by atoms with Crippen molar-refractivity contribution in [2.24, 2.45) is 0 Å². The first-order chi connectivity index (χ1) is 13.6. The highest BCUT2D eigenvalue weighted by molar-refractivity contribution is 9.10. The zero-order valence-electron chi connectivity index (χ0n) is 15.7. The number of alkyl halides is 3. The van der Waals surface area contributed by atoms with Gasteiger partial charge in [0.05, 0.1) is 16.5 Å². The van der Waals surface area contributed by atoms with Crippen molar-refractivity contribution in [3.05, 3.63) is 62.7 Å². The number of hydrogen-bond acceptors (Lipinski definition) is 4. The van der Waals surface area contributed by atoms with Crippen LogP contribution in [0.1, 0.15) is 43.9 Å². The SMILES string of the molecule is C[C@H](Nc1ncnc2c(Br)c(=O)n(C3(C)CC3)cc12)c1cccc(C(F)(F)F)c1. The van der Waals surface area contributed by atoms with Gasteiger partial charge in [-0.3, -0.25) is 4.79 Å². The van der Waals surface area contributed by atoms with Crippen LogP contribution in [0.2, 0.25) is 0 Å². The third-order valence-electron chi connectivity index (χ3n) is 5.38. The second-order valence-corrected chi connectivity index (χ2v) is 8.38. The molecule has 0 radical (unpaired) electrons. The van der Waals surface area contributed by atoms with Gasteiger partial charge in [0.15, 0.2) is 0 Å². The molecule has 0 unspecified atom stereocenters. The highest BCUT2D eigenvalue weighted by Gasteiger charge is 2.40. The van der Waals surface area contributed by atoms with Crippen LogP contribution in [-0.2, 0) is 11.7 Å². The van der Waals surface area contributed by atoms with E-state index in [1.807, 2.05) is 6.92 Å². The molecule has 1 saturated carbocycles. The van der Waals surface area contributed by atoms with Crippen molar-refractivity contribution < 1.29 is 13.2 Å². The number of anilines is 1. The highest BCUT2D eigenvalue weighted by atomic mass is 79.9. The van der Waals surface area contributed by atoms with Crippen LogP contribution >= 0.6 is 15.9 Å². The quantitative estimate of drug-likeness (QED) is 0.569. The van der Waals surface area contributed by atoms with Crippen LogP contribution in [0, 0.1) is 0 Å². The van der Waals surface area contributed by atoms with Crippen molar-refractivity contribution in [2.75, 3.05) is 5.32 Å². The van der Waals surface area contributed by atoms with Crippen molar-refractivity contribution in [3.63, 3.8) is 0 Å². The molecule has 9 heteroatoms. The average molecular weight is 467 g/mol. The van der Waals surface area contributed by atoms with Crippen molar-refractivity contribution in [3.8, 4) is 0 Å². The van der Waals surface area contributed by atoms with Crippen molar-refractivity contribution in [1.29, 1.82) is 0 Å². The summed E-state index contributed by atoms with van der Waals surface area (Å²) in [7, 11) is 0. The van der Waals surface area contributed by atoms with Gasteiger partial charge in [0, 0.05) is 17.8 Å². The molecule has 4 rings (SSSR count). The van der Waals surface area contributed by atoms with Gasteiger partial charge in [-0.25, -0.2) is 9.97 Å². The Bertz CT molecular complexity index is 1150. The standard InChI is InChI=1S/C20H18BrF3N4O/c1-11(12-4-3-5-13(8-12)20(22,23)24)27-17-14-9-28(19(2)6-7-19)18(29)15(21)16(14)25-10-26-17/h3-5,8-11H,6-7H2,1-2H3,(H,25,26,27)/t11-/m0/s1. The van der Waals surface area contributed by atoms with Gasteiger partial charge in [-0.05, 0) is 60.3 Å². The predicted octanol–water partition coefficient (Wildman–Crippen LogP) is 5.25. The number of nitrogens with zero attached hydrogens (tertiary/aromatic N) is 3. The Morgan fingerprint density at radius 1 is 1.28 bits per heavy atom. The molecule has 1 atom stereocenters. The normalized spacial score (nSPS) is 16.6. The van der Waals surface area contributed by atoms with Crippen LogP contribution in [0.4, 0.5) is 19.0 Å². The van der Waals surface area contributed by atoms with E-state index in [4.69, 9.17) is 0 Å². The molecule has 2 aromatic heterocycles. The van der Waals surface area contributed by atoms with Crippen LogP contribution in [0.15, 0.2) is 46.1 Å². The zero-order valence-corrected chi connectivity index (χ0v) is 17.3. The molecule has 2 heterocycles. The molecular weight excluding hydrogens is 449 g/mol. The fourth-order valence-electron chi connectivity index (χ4n) is 3.30. The number of nitrogens with one attached hydrogen (secondary N) is 1. The molecule has 1 aliphatic carbocycles. The topological polar surface area (TPSA) is 59.8 Å². The Morgan fingerprint density at radius 2 is 2.00 bits per heavy atom. The lowest BCUT2D eigenvalue weighted by atomic mass is 10.0. The largest absolute Gasteiger partial charge is 0.416 e. The first-order valence-corrected chi connectivity index (χ1v) is 9.89. The van der Waals surface area contributed by atoms with E-state index >= 15 is 0 Å². The van der Waals surface area contributed by atoms with Gasteiger partial charge in [0.2, 0.25) is 0 Å². The molecular formula is C20H18BrF3N4O. The molecule has 1 aromatic carbocycles. The molecule has 152 valence electrons. The maximum atomic E-state index is 13.0. The summed E-state index contributed by atoms with van der Waals surface area (Å²) in [5.41, 5.74) is -0.145. The molecule has 0 amide bonds. The Balaban J connectivity index is 1.75. The van der Waals surface area contributed by atoms with E-state index < -0.39 is 17.8 Å². The number of rotatable bonds is 4. The first-order valence-electron chi connectivity index (χ1n) is 9.10. The highest BCUT2D eigenvalue weighted by Crippen LogP contribution is 2.43. The van der Waals surface area contributed by atoms with Crippen molar-refractivity contribution >= 4 is 32.7 Å². The zero-order chi connectivity index (χ0) is 21.0. The van der Waals surface area contributed by atoms with Gasteiger partial charge in [-0.2, -0.15) is 13.2 Å². The molecule has 29 heavy (non-hydrogen) atoms. The van der Waals surface area contributed by atoms with E-state index in [1.54, 1.807) is 23.8 Å². The Labute approximate surface area is 173 Å². The number of hydrogen-bond donors (Lipinski definition) is 1. The van der Waals surface area contributed by atoms with Crippen molar-refractivity contribution in [2.45, 2.75) is 44.4 Å². The third-order valence-corrected chi connectivity index (χ3v) is 6.09. The fourth-order valence-corrected chi connectivity index (χ4v) is 3.81. The fraction of sp³-hybridized carbons (Fsp3) is 0.350. The maximum absolute atomic E-state index is 13.0. The van der Waals surface area contributed by atoms with Crippen LogP contribution < -0.4 is 10.9 Å². The van der Waals surface area contributed by atoms with Crippen LogP contribution in [0.25, 0.3) is 10.9 Å². The van der Waals surface area contributed by atoms with Crippen molar-refractivity contribution in [1.82, 2.24) is 14.5 Å². The maximum Gasteiger partial charge on any atom is 0.416 e. The predicted molar refractivity (Wildman–Crippen MR) is 108 cm³/mol. The molecule has 1 aliphatic rings. The van der Waals surface area contributed by atoms with E-state index in [0.717, 1.165) is 25.0 Å². The molecule has 1 N–H and O–H groups in total. The smallest absolute Gasteiger partial charge is 0.363 e. The van der Waals surface area contributed by atoms with Gasteiger partial charge >= 0.3 is 6.18 Å². The Kier molecular flexibility index (Phi) is 4.68. The van der Waals surface area contributed by atoms with E-state index in [-0.39, 0.29) is 11.1 Å². The molecule has 3 aromatic rings. The van der Waals surface area contributed by atoms with E-state index in [2.05, 4.69) is 31.2 Å². The third kappa shape index (κ3) is 3.63. The first kappa shape index (κ1) is 19.9. The van der Waals surface area contributed by atoms with Crippen LogP contribution in [0.3, 0.4) is 0 Å². The van der Waals surface area contributed by atoms with Gasteiger partial charge in [-0.1, -0.05) is 12.1 Å². The Hall–Kier alpha value is -2.42. The summed E-state index contributed by atoms with van der Waals surface area (Å²) < 4.78 is 41.1. The summed E-state index contributed by atoms with van der Waals surface area (Å²) in [6, 6.07) is 4.75. The molecule has 0 saturated heterocycles. The molecule has 0 bridgehead atoms. The second-order valence-electron chi connectivity index (χ2n) is 7.59. The average Bonchev–Trinajstić information content (AvgIpc) is 3.42. The van der Waals surface area contributed by atoms with Gasteiger partial charge in [0.1, 0.15) is 16.6 Å². The molecule has 1 fully saturated rings. The Morgan fingerprint density at radius 3 is 2.66 bits per heavy atom. The second kappa shape index (κ2) is 6.83. The van der Waals surface area contributed by atoms with E-state index in [0.29, 0.717) is 26.8 Å². The monoisotopic (exact) mass is 466 g/mol. The minimum Gasteiger partial charge on any atom is -0.363 e. The summed E-state index contributed by atoms with van der Waals surface area (Å²) in [5, 5.41) is 3.80. The lowest BCUT2D eigenvalue weighted by molar-refractivity contribution is -0.137. The molecule has 5 nitrogen and oxygen atoms in total. The summed E-state index contributed by atoms with van der Waals surface area (Å²) >= 11 is 3.35. The number of fused-ring (bicyclic) bond motifs is 1. The van der Waals surface area contributed by atoms with E-state index in [9.17, 15) is 18.0 Å². The van der Waals surface area contributed by atoms with E-state index in [1.165, 1.54) is 12.4 Å². The van der Waals surface area contributed by atoms with Gasteiger partial charge in [0.25, 0.3) is 5.56 Å². The minimum atomic E-state index is -4.40. The molecule has 0 aliphatic heterocycles. The van der Waals surface area contributed by atoms with Gasteiger partial charge in [-0.15, -0.1) is 0 Å². The summed E-state index contributed by atoms with van der Waals surface area (Å²) in [6.07, 6.45) is 0.468. The summed E-state index contributed by atoms with van der Waals surface area (Å²) in [6.45, 7) is 3.77. The number of halogens is 4. The number of benzene rings is 1. The molecule has 0 spiro atoms. The van der Waals surface area contributed by atoms with Gasteiger partial charge < -0.3 is 9.88 Å². The summed E-state index contributed by atoms with van der Waals surface area (Å²) in [5.74, 6) is 0.457. The lowest BCUT2D eigenvalue weighted by Gasteiger charge is -2.19. The minimum absolute atomic E-state index is 0.159. The van der Waals surface area contributed by atoms with Crippen LogP contribution in [0.5, 0.6) is 0 Å². The lowest BCUT2D eigenvalue weighted by Crippen LogP contribution is -2.28. The van der Waals surface area contributed by atoms with Crippen LogP contribution in [-0.4, -0.2) is 14.5 Å². The number of aromatic nitrogens is 3. The number of pyridine rings is 1.